The van der Waals surface area contributed by atoms with E-state index in [1.807, 2.05) is 32.0 Å². The number of carbonyl (C=O) groups is 1. The lowest BCUT2D eigenvalue weighted by atomic mass is 10.2. The third-order valence-electron chi connectivity index (χ3n) is 4.90. The van der Waals surface area contributed by atoms with Crippen molar-refractivity contribution >= 4 is 27.7 Å². The smallest absolute Gasteiger partial charge is 0.243 e. The van der Waals surface area contributed by atoms with E-state index in [0.29, 0.717) is 31.1 Å². The van der Waals surface area contributed by atoms with E-state index in [2.05, 4.69) is 12.1 Å². The third-order valence-corrected chi connectivity index (χ3v) is 8.01. The Morgan fingerprint density at radius 1 is 1.00 bits per heavy atom. The first-order chi connectivity index (χ1) is 13.4. The first-order valence-electron chi connectivity index (χ1n) is 9.39. The van der Waals surface area contributed by atoms with Gasteiger partial charge >= 0.3 is 0 Å². The maximum absolute atomic E-state index is 12.8. The quantitative estimate of drug-likeness (QED) is 0.723. The Morgan fingerprint density at radius 2 is 1.61 bits per heavy atom. The molecule has 3 rings (SSSR count). The van der Waals surface area contributed by atoms with Gasteiger partial charge in [-0.3, -0.25) is 4.79 Å². The van der Waals surface area contributed by atoms with E-state index in [0.717, 1.165) is 11.3 Å². The molecular weight excluding hydrogens is 392 g/mol. The molecule has 0 unspecified atom stereocenters. The van der Waals surface area contributed by atoms with Crippen molar-refractivity contribution < 1.29 is 13.2 Å². The van der Waals surface area contributed by atoms with Gasteiger partial charge in [0.05, 0.1) is 10.1 Å². The molecule has 1 fully saturated rings. The van der Waals surface area contributed by atoms with Crippen LogP contribution in [0.1, 0.15) is 18.1 Å². The van der Waals surface area contributed by atoms with E-state index in [-0.39, 0.29) is 11.2 Å². The monoisotopic (exact) mass is 418 g/mol. The van der Waals surface area contributed by atoms with Gasteiger partial charge in [0.15, 0.2) is 0 Å². The van der Waals surface area contributed by atoms with Gasteiger partial charge in [-0.05, 0) is 31.5 Å². The predicted octanol–water partition coefficient (Wildman–Crippen LogP) is 3.15. The lowest BCUT2D eigenvalue weighted by Gasteiger charge is -2.35. The zero-order chi connectivity index (χ0) is 20.1. The van der Waals surface area contributed by atoms with Crippen LogP contribution in [-0.2, 0) is 20.6 Å². The maximum Gasteiger partial charge on any atom is 0.243 e. The zero-order valence-corrected chi connectivity index (χ0v) is 17.9. The van der Waals surface area contributed by atoms with Gasteiger partial charge in [-0.2, -0.15) is 4.31 Å². The number of sulfonamides is 1. The first kappa shape index (κ1) is 20.9. The molecule has 28 heavy (non-hydrogen) atoms. The van der Waals surface area contributed by atoms with Gasteiger partial charge in [-0.1, -0.05) is 48.0 Å². The number of thioether (sulfide) groups is 1. The van der Waals surface area contributed by atoms with Crippen LogP contribution in [-0.4, -0.2) is 55.0 Å². The fraction of sp³-hybridized carbons (Fsp3) is 0.381. The molecule has 5 nitrogen and oxygen atoms in total. The second kappa shape index (κ2) is 9.11. The van der Waals surface area contributed by atoms with E-state index in [1.165, 1.54) is 9.87 Å². The molecule has 2 aromatic rings. The van der Waals surface area contributed by atoms with Crippen LogP contribution in [0.2, 0.25) is 0 Å². The van der Waals surface area contributed by atoms with Gasteiger partial charge in [-0.15, -0.1) is 11.8 Å². The Hall–Kier alpha value is -1.83. The van der Waals surface area contributed by atoms with Crippen LogP contribution in [0.15, 0.2) is 59.5 Å². The zero-order valence-electron chi connectivity index (χ0n) is 16.2. The average Bonchev–Trinajstić information content (AvgIpc) is 2.72. The molecule has 0 saturated carbocycles. The molecular formula is C21H26N2O3S2. The molecule has 150 valence electrons. The Bertz CT molecular complexity index is 891. The van der Waals surface area contributed by atoms with Gasteiger partial charge < -0.3 is 4.90 Å². The number of aryl methyl sites for hydroxylation is 1. The fourth-order valence-electron chi connectivity index (χ4n) is 3.13. The second-order valence-corrected chi connectivity index (χ2v) is 10.2. The molecule has 0 spiro atoms. The molecule has 0 aromatic heterocycles. The van der Waals surface area contributed by atoms with Crippen LogP contribution >= 0.6 is 11.8 Å². The summed E-state index contributed by atoms with van der Waals surface area (Å²) in [7, 11) is -3.50. The summed E-state index contributed by atoms with van der Waals surface area (Å²) >= 11 is 1.61. The Kier molecular flexibility index (Phi) is 6.80. The Balaban J connectivity index is 1.54. The van der Waals surface area contributed by atoms with E-state index in [1.54, 1.807) is 40.9 Å². The van der Waals surface area contributed by atoms with E-state index in [4.69, 9.17) is 0 Å². The van der Waals surface area contributed by atoms with Gasteiger partial charge in [0.2, 0.25) is 15.9 Å². The number of hydrogen-bond donors (Lipinski definition) is 0. The summed E-state index contributed by atoms with van der Waals surface area (Å²) in [6, 6.07) is 17.0. The summed E-state index contributed by atoms with van der Waals surface area (Å²) in [5, 5.41) is -0.152. The van der Waals surface area contributed by atoms with E-state index >= 15 is 0 Å². The fourth-order valence-corrected chi connectivity index (χ4v) is 5.48. The maximum atomic E-state index is 12.8. The summed E-state index contributed by atoms with van der Waals surface area (Å²) in [5.74, 6) is 0.864. The molecule has 1 saturated heterocycles. The van der Waals surface area contributed by atoms with E-state index in [9.17, 15) is 13.2 Å². The van der Waals surface area contributed by atoms with Crippen LogP contribution < -0.4 is 0 Å². The molecule has 2 aromatic carbocycles. The summed E-state index contributed by atoms with van der Waals surface area (Å²) in [6.07, 6.45) is 0. The Labute approximate surface area is 171 Å². The number of carbonyl (C=O) groups excluding carboxylic acids is 1. The van der Waals surface area contributed by atoms with Crippen LogP contribution in [0.25, 0.3) is 0 Å². The second-order valence-electron chi connectivity index (χ2n) is 6.98. The minimum Gasteiger partial charge on any atom is -0.339 e. The SMILES string of the molecule is Cc1ccc(S(=O)(=O)N2CCN(C(=O)[C@@H](C)SCc3ccccc3)CC2)cc1. The minimum atomic E-state index is -3.50. The number of amides is 1. The number of benzene rings is 2. The first-order valence-corrected chi connectivity index (χ1v) is 11.9. The highest BCUT2D eigenvalue weighted by Gasteiger charge is 2.31. The van der Waals surface area contributed by atoms with Gasteiger partial charge in [0.25, 0.3) is 0 Å². The molecule has 0 N–H and O–H groups in total. The molecule has 7 heteroatoms. The van der Waals surface area contributed by atoms with Crippen molar-refractivity contribution in [1.29, 1.82) is 0 Å². The van der Waals surface area contributed by atoms with Crippen LogP contribution in [0.3, 0.4) is 0 Å². The van der Waals surface area contributed by atoms with Crippen molar-refractivity contribution in [2.75, 3.05) is 26.2 Å². The summed E-state index contributed by atoms with van der Waals surface area (Å²) in [4.78, 5) is 14.8. The van der Waals surface area contributed by atoms with Crippen LogP contribution in [0.5, 0.6) is 0 Å². The van der Waals surface area contributed by atoms with Gasteiger partial charge in [-0.25, -0.2) is 8.42 Å². The summed E-state index contributed by atoms with van der Waals surface area (Å²) in [6.45, 7) is 5.37. The molecule has 1 aliphatic heterocycles. The lowest BCUT2D eigenvalue weighted by Crippen LogP contribution is -2.52. The highest BCUT2D eigenvalue weighted by molar-refractivity contribution is 7.99. The standard InChI is InChI=1S/C21H26N2O3S2/c1-17-8-10-20(11-9-17)28(25,26)23-14-12-22(13-15-23)21(24)18(2)27-16-19-6-4-3-5-7-19/h3-11,18H,12-16H2,1-2H3/t18-/m1/s1. The molecule has 1 atom stereocenters. The van der Waals surface area contributed by atoms with Crippen LogP contribution in [0, 0.1) is 6.92 Å². The highest BCUT2D eigenvalue weighted by Crippen LogP contribution is 2.22. The average molecular weight is 419 g/mol. The van der Waals surface area contributed by atoms with Crippen molar-refractivity contribution in [1.82, 2.24) is 9.21 Å². The predicted molar refractivity (Wildman–Crippen MR) is 114 cm³/mol. The van der Waals surface area contributed by atoms with Crippen LogP contribution in [0.4, 0.5) is 0 Å². The third kappa shape index (κ3) is 4.96. The van der Waals surface area contributed by atoms with Crippen molar-refractivity contribution in [2.45, 2.75) is 29.7 Å². The van der Waals surface area contributed by atoms with Crippen molar-refractivity contribution in [3.05, 3.63) is 65.7 Å². The number of hydrogen-bond acceptors (Lipinski definition) is 4. The van der Waals surface area contributed by atoms with Crippen molar-refractivity contribution in [3.8, 4) is 0 Å². The van der Waals surface area contributed by atoms with E-state index < -0.39 is 10.0 Å². The highest BCUT2D eigenvalue weighted by atomic mass is 32.2. The normalized spacial score (nSPS) is 16.7. The van der Waals surface area contributed by atoms with Gasteiger partial charge in [0, 0.05) is 31.9 Å². The molecule has 0 bridgehead atoms. The molecule has 1 amide bonds. The number of piperazine rings is 1. The van der Waals surface area contributed by atoms with Crippen molar-refractivity contribution in [3.63, 3.8) is 0 Å². The minimum absolute atomic E-state index is 0.0771. The summed E-state index contributed by atoms with van der Waals surface area (Å²) in [5.41, 5.74) is 2.22. The lowest BCUT2D eigenvalue weighted by molar-refractivity contribution is -0.131. The molecule has 1 heterocycles. The largest absolute Gasteiger partial charge is 0.339 e. The summed E-state index contributed by atoms with van der Waals surface area (Å²) < 4.78 is 27.0. The van der Waals surface area contributed by atoms with Crippen molar-refractivity contribution in [2.24, 2.45) is 0 Å². The number of nitrogens with zero attached hydrogens (tertiary/aromatic N) is 2. The molecule has 0 aliphatic carbocycles. The van der Waals surface area contributed by atoms with Gasteiger partial charge in [0.1, 0.15) is 0 Å². The molecule has 1 aliphatic rings. The Morgan fingerprint density at radius 3 is 2.21 bits per heavy atom. The topological polar surface area (TPSA) is 57.7 Å². The number of rotatable bonds is 6. The molecule has 0 radical (unpaired) electrons.